The molecule has 0 aliphatic rings. The number of nitrogens with zero attached hydrogens (tertiary/aromatic N) is 2. The Labute approximate surface area is 59.8 Å². The fourth-order valence-electron chi connectivity index (χ4n) is 0.870. The highest BCUT2D eigenvalue weighted by Gasteiger charge is 2.09. The smallest absolute Gasteiger partial charge is 0.154 e. The maximum atomic E-state index is 5.48. The van der Waals surface area contributed by atoms with Crippen LogP contribution in [0.1, 0.15) is 25.1 Å². The van der Waals surface area contributed by atoms with Gasteiger partial charge in [-0.15, -0.1) is 0 Å². The summed E-state index contributed by atoms with van der Waals surface area (Å²) >= 11 is 0. The summed E-state index contributed by atoms with van der Waals surface area (Å²) in [5.74, 6) is 1.14. The Bertz CT molecular complexity index is 166. The second-order valence-corrected chi connectivity index (χ2v) is 2.20. The molecule has 1 unspecified atom stereocenters. The van der Waals surface area contributed by atoms with E-state index in [2.05, 4.69) is 22.1 Å². The normalized spacial score (nSPS) is 13.4. The van der Waals surface area contributed by atoms with Gasteiger partial charge in [0.15, 0.2) is 5.82 Å². The average molecular weight is 140 g/mol. The Morgan fingerprint density at radius 1 is 1.80 bits per heavy atom. The van der Waals surface area contributed by atoms with Crippen molar-refractivity contribution < 1.29 is 0 Å². The third-order valence-corrected chi connectivity index (χ3v) is 1.58. The molecule has 0 saturated carbocycles. The lowest BCUT2D eigenvalue weighted by atomic mass is 10.1. The molecular weight excluding hydrogens is 128 g/mol. The van der Waals surface area contributed by atoms with Crippen molar-refractivity contribution in [1.82, 2.24) is 15.2 Å². The number of nitrogens with two attached hydrogens (primary N) is 1. The number of aromatic nitrogens is 3. The minimum atomic E-state index is 0.311. The van der Waals surface area contributed by atoms with Crippen LogP contribution < -0.4 is 5.73 Å². The molecule has 0 saturated heterocycles. The zero-order chi connectivity index (χ0) is 7.40. The third-order valence-electron chi connectivity index (χ3n) is 1.58. The van der Waals surface area contributed by atoms with Crippen LogP contribution >= 0.6 is 0 Å². The van der Waals surface area contributed by atoms with Crippen molar-refractivity contribution in [2.75, 3.05) is 6.54 Å². The van der Waals surface area contributed by atoms with Crippen LogP contribution in [0.3, 0.4) is 0 Å². The first-order chi connectivity index (χ1) is 4.88. The van der Waals surface area contributed by atoms with E-state index in [0.29, 0.717) is 12.5 Å². The molecule has 0 amide bonds. The summed E-state index contributed by atoms with van der Waals surface area (Å²) in [6.07, 6.45) is 2.57. The molecule has 10 heavy (non-hydrogen) atoms. The summed E-state index contributed by atoms with van der Waals surface area (Å²) < 4.78 is 0. The molecule has 0 spiro atoms. The van der Waals surface area contributed by atoms with E-state index < -0.39 is 0 Å². The Balaban J connectivity index is 2.64. The minimum Gasteiger partial charge on any atom is -0.330 e. The standard InChI is InChI=1S/C6H12N4/c1-2-5(3-7)6-8-4-9-10-6/h4-5H,2-3,7H2,1H3,(H,8,9,10). The number of nitrogens with one attached hydrogen (secondary N) is 1. The summed E-state index contributed by atoms with van der Waals surface area (Å²) in [4.78, 5) is 4.01. The lowest BCUT2D eigenvalue weighted by Crippen LogP contribution is -2.12. The Hall–Kier alpha value is -0.900. The molecule has 1 heterocycles. The molecule has 0 aromatic carbocycles. The second-order valence-electron chi connectivity index (χ2n) is 2.20. The van der Waals surface area contributed by atoms with Gasteiger partial charge >= 0.3 is 0 Å². The summed E-state index contributed by atoms with van der Waals surface area (Å²) in [5, 5.41) is 6.60. The Morgan fingerprint density at radius 3 is 3.00 bits per heavy atom. The van der Waals surface area contributed by atoms with Gasteiger partial charge in [0.05, 0.1) is 0 Å². The summed E-state index contributed by atoms with van der Waals surface area (Å²) in [7, 11) is 0. The quantitative estimate of drug-likeness (QED) is 0.632. The minimum absolute atomic E-state index is 0.311. The third kappa shape index (κ3) is 1.33. The molecule has 0 bridgehead atoms. The molecule has 0 aliphatic carbocycles. The second kappa shape index (κ2) is 3.31. The van der Waals surface area contributed by atoms with Crippen LogP contribution in [0.15, 0.2) is 6.33 Å². The fourth-order valence-corrected chi connectivity index (χ4v) is 0.870. The van der Waals surface area contributed by atoms with Gasteiger partial charge in [0.25, 0.3) is 0 Å². The van der Waals surface area contributed by atoms with E-state index in [1.807, 2.05) is 0 Å². The van der Waals surface area contributed by atoms with E-state index in [9.17, 15) is 0 Å². The van der Waals surface area contributed by atoms with Crippen LogP contribution in [0.4, 0.5) is 0 Å². The molecule has 56 valence electrons. The Morgan fingerprint density at radius 2 is 2.60 bits per heavy atom. The molecule has 0 radical (unpaired) electrons. The van der Waals surface area contributed by atoms with Crippen LogP contribution in [0.5, 0.6) is 0 Å². The zero-order valence-electron chi connectivity index (χ0n) is 6.04. The average Bonchev–Trinajstić information content (AvgIpc) is 2.43. The molecule has 0 fully saturated rings. The van der Waals surface area contributed by atoms with Crippen molar-refractivity contribution in [1.29, 1.82) is 0 Å². The lowest BCUT2D eigenvalue weighted by Gasteiger charge is -2.04. The van der Waals surface area contributed by atoms with Crippen molar-refractivity contribution in [2.24, 2.45) is 5.73 Å². The van der Waals surface area contributed by atoms with Gasteiger partial charge in [-0.2, -0.15) is 5.10 Å². The van der Waals surface area contributed by atoms with Gasteiger partial charge in [-0.3, -0.25) is 5.10 Å². The highest BCUT2D eigenvalue weighted by atomic mass is 15.2. The number of hydrogen-bond acceptors (Lipinski definition) is 3. The number of hydrogen-bond donors (Lipinski definition) is 2. The van der Waals surface area contributed by atoms with Crippen LogP contribution in [0, 0.1) is 0 Å². The monoisotopic (exact) mass is 140 g/mol. The van der Waals surface area contributed by atoms with Crippen molar-refractivity contribution in [2.45, 2.75) is 19.3 Å². The van der Waals surface area contributed by atoms with E-state index in [1.165, 1.54) is 0 Å². The van der Waals surface area contributed by atoms with Gasteiger partial charge in [0.2, 0.25) is 0 Å². The van der Waals surface area contributed by atoms with Crippen LogP contribution in [-0.2, 0) is 0 Å². The van der Waals surface area contributed by atoms with Gasteiger partial charge in [0.1, 0.15) is 6.33 Å². The molecule has 1 aromatic heterocycles. The number of H-pyrrole nitrogens is 1. The zero-order valence-corrected chi connectivity index (χ0v) is 6.04. The van der Waals surface area contributed by atoms with Crippen molar-refractivity contribution in [3.05, 3.63) is 12.2 Å². The van der Waals surface area contributed by atoms with E-state index in [-0.39, 0.29) is 0 Å². The predicted octanol–water partition coefficient (Wildman–Crippen LogP) is 0.257. The topological polar surface area (TPSA) is 67.6 Å². The first-order valence-electron chi connectivity index (χ1n) is 3.44. The molecule has 4 heteroatoms. The van der Waals surface area contributed by atoms with Crippen molar-refractivity contribution in [3.8, 4) is 0 Å². The maximum absolute atomic E-state index is 5.48. The van der Waals surface area contributed by atoms with Crippen LogP contribution in [0.25, 0.3) is 0 Å². The molecule has 1 rings (SSSR count). The van der Waals surface area contributed by atoms with Gasteiger partial charge in [-0.25, -0.2) is 4.98 Å². The van der Waals surface area contributed by atoms with Gasteiger partial charge in [-0.1, -0.05) is 6.92 Å². The SMILES string of the molecule is CCC(CN)c1nc[nH]n1. The number of aromatic amines is 1. The molecule has 3 N–H and O–H groups in total. The van der Waals surface area contributed by atoms with Gasteiger partial charge in [0, 0.05) is 12.5 Å². The largest absolute Gasteiger partial charge is 0.330 e. The van der Waals surface area contributed by atoms with E-state index in [1.54, 1.807) is 6.33 Å². The first kappa shape index (κ1) is 7.21. The van der Waals surface area contributed by atoms with Crippen LogP contribution in [-0.4, -0.2) is 21.7 Å². The highest BCUT2D eigenvalue weighted by molar-refractivity contribution is 4.92. The van der Waals surface area contributed by atoms with Crippen LogP contribution in [0.2, 0.25) is 0 Å². The van der Waals surface area contributed by atoms with Gasteiger partial charge in [-0.05, 0) is 6.42 Å². The molecular formula is C6H12N4. The summed E-state index contributed by atoms with van der Waals surface area (Å²) in [5.41, 5.74) is 5.48. The number of rotatable bonds is 3. The van der Waals surface area contributed by atoms with E-state index >= 15 is 0 Å². The molecule has 4 nitrogen and oxygen atoms in total. The predicted molar refractivity (Wildman–Crippen MR) is 38.5 cm³/mol. The summed E-state index contributed by atoms with van der Waals surface area (Å²) in [6.45, 7) is 2.70. The molecule has 1 atom stereocenters. The van der Waals surface area contributed by atoms with E-state index in [4.69, 9.17) is 5.73 Å². The first-order valence-corrected chi connectivity index (χ1v) is 3.44. The van der Waals surface area contributed by atoms with Crippen molar-refractivity contribution in [3.63, 3.8) is 0 Å². The lowest BCUT2D eigenvalue weighted by molar-refractivity contribution is 0.634. The van der Waals surface area contributed by atoms with Crippen molar-refractivity contribution >= 4 is 0 Å². The fraction of sp³-hybridized carbons (Fsp3) is 0.667. The molecule has 1 aromatic rings. The highest BCUT2D eigenvalue weighted by Crippen LogP contribution is 2.10. The van der Waals surface area contributed by atoms with Gasteiger partial charge < -0.3 is 5.73 Å². The van der Waals surface area contributed by atoms with E-state index in [0.717, 1.165) is 12.2 Å². The molecule has 0 aliphatic heterocycles. The summed E-state index contributed by atoms with van der Waals surface area (Å²) in [6, 6.07) is 0. The maximum Gasteiger partial charge on any atom is 0.154 e. The Kier molecular flexibility index (Phi) is 2.39.